The first-order valence-corrected chi connectivity index (χ1v) is 6.23. The maximum absolute atomic E-state index is 12.1. The predicted octanol–water partition coefficient (Wildman–Crippen LogP) is 1.07. The molecule has 0 aromatic carbocycles. The van der Waals surface area contributed by atoms with Crippen molar-refractivity contribution in [1.29, 1.82) is 0 Å². The second kappa shape index (κ2) is 4.78. The molecule has 2 unspecified atom stereocenters. The van der Waals surface area contributed by atoms with Crippen LogP contribution in [0.2, 0.25) is 0 Å². The molecule has 94 valence electrons. The van der Waals surface area contributed by atoms with Crippen LogP contribution in [0.3, 0.4) is 0 Å². The maximum atomic E-state index is 12.1. The van der Waals surface area contributed by atoms with Gasteiger partial charge in [0.15, 0.2) is 0 Å². The summed E-state index contributed by atoms with van der Waals surface area (Å²) in [6, 6.07) is 0. The fourth-order valence-corrected chi connectivity index (χ4v) is 2.67. The first-order valence-electron chi connectivity index (χ1n) is 5.85. The van der Waals surface area contributed by atoms with Crippen LogP contribution in [0.1, 0.15) is 12.8 Å². The van der Waals surface area contributed by atoms with Crippen LogP contribution in [0.25, 0.3) is 0 Å². The number of fused-ring (bicyclic) bond motifs is 1. The molecule has 17 heavy (non-hydrogen) atoms. The van der Waals surface area contributed by atoms with Gasteiger partial charge < -0.3 is 4.90 Å². The molecule has 1 aliphatic heterocycles. The lowest BCUT2D eigenvalue weighted by Crippen LogP contribution is -2.36. The van der Waals surface area contributed by atoms with Crippen LogP contribution in [0.15, 0.2) is 11.1 Å². The van der Waals surface area contributed by atoms with E-state index < -0.39 is 0 Å². The van der Waals surface area contributed by atoms with E-state index in [0.717, 1.165) is 0 Å². The summed E-state index contributed by atoms with van der Waals surface area (Å²) in [6.07, 6.45) is 2.99. The van der Waals surface area contributed by atoms with E-state index >= 15 is 0 Å². The topological polar surface area (TPSA) is 40.6 Å². The summed E-state index contributed by atoms with van der Waals surface area (Å²) in [7, 11) is 3.85. The number of allylic oxidation sites excluding steroid dienone is 2. The highest BCUT2D eigenvalue weighted by molar-refractivity contribution is 6.30. The van der Waals surface area contributed by atoms with Gasteiger partial charge in [-0.3, -0.25) is 14.5 Å². The van der Waals surface area contributed by atoms with Crippen LogP contribution in [-0.2, 0) is 9.59 Å². The van der Waals surface area contributed by atoms with E-state index in [4.69, 9.17) is 11.6 Å². The first-order chi connectivity index (χ1) is 8.00. The molecule has 1 aliphatic carbocycles. The molecular weight excluding hydrogens is 240 g/mol. The Hall–Kier alpha value is -0.870. The standard InChI is InChI=1S/C12H17ClN2O2/c1-14(2)5-6-15-11(16)9-4-3-8(13)7-10(9)12(15)17/h3,9-10H,4-7H2,1-2H3. The van der Waals surface area contributed by atoms with Gasteiger partial charge in [0.2, 0.25) is 11.8 Å². The van der Waals surface area contributed by atoms with Crippen molar-refractivity contribution in [3.63, 3.8) is 0 Å². The highest BCUT2D eigenvalue weighted by Gasteiger charge is 2.47. The third-order valence-electron chi connectivity index (χ3n) is 3.43. The third kappa shape index (κ3) is 2.38. The van der Waals surface area contributed by atoms with Crippen molar-refractivity contribution in [1.82, 2.24) is 9.80 Å². The number of hydrogen-bond donors (Lipinski definition) is 0. The molecule has 1 heterocycles. The molecule has 0 saturated carbocycles. The summed E-state index contributed by atoms with van der Waals surface area (Å²) < 4.78 is 0. The maximum Gasteiger partial charge on any atom is 0.233 e. The van der Waals surface area contributed by atoms with Crippen LogP contribution >= 0.6 is 11.6 Å². The van der Waals surface area contributed by atoms with Gasteiger partial charge in [-0.05, 0) is 26.9 Å². The number of hydrogen-bond acceptors (Lipinski definition) is 3. The molecule has 5 heteroatoms. The lowest BCUT2D eigenvalue weighted by molar-refractivity contribution is -0.140. The predicted molar refractivity (Wildman–Crippen MR) is 65.4 cm³/mol. The van der Waals surface area contributed by atoms with Crippen LogP contribution in [-0.4, -0.2) is 48.8 Å². The Kier molecular flexibility index (Phi) is 3.54. The van der Waals surface area contributed by atoms with Crippen molar-refractivity contribution in [3.8, 4) is 0 Å². The van der Waals surface area contributed by atoms with Gasteiger partial charge in [-0.1, -0.05) is 17.7 Å². The number of carbonyl (C=O) groups excluding carboxylic acids is 2. The van der Waals surface area contributed by atoms with E-state index in [1.54, 1.807) is 0 Å². The average Bonchev–Trinajstić information content (AvgIpc) is 2.49. The molecule has 2 atom stereocenters. The van der Waals surface area contributed by atoms with Crippen molar-refractivity contribution in [3.05, 3.63) is 11.1 Å². The van der Waals surface area contributed by atoms with E-state index in [1.165, 1.54) is 4.90 Å². The highest BCUT2D eigenvalue weighted by Crippen LogP contribution is 2.38. The minimum Gasteiger partial charge on any atom is -0.308 e. The van der Waals surface area contributed by atoms with E-state index in [9.17, 15) is 9.59 Å². The summed E-state index contributed by atoms with van der Waals surface area (Å²) in [5.41, 5.74) is 0. The highest BCUT2D eigenvalue weighted by atomic mass is 35.5. The smallest absolute Gasteiger partial charge is 0.233 e. The second-order valence-electron chi connectivity index (χ2n) is 4.94. The molecule has 0 aromatic heterocycles. The van der Waals surface area contributed by atoms with E-state index in [2.05, 4.69) is 0 Å². The molecule has 0 bridgehead atoms. The van der Waals surface area contributed by atoms with Crippen molar-refractivity contribution in [2.24, 2.45) is 11.8 Å². The van der Waals surface area contributed by atoms with Gasteiger partial charge in [-0.2, -0.15) is 0 Å². The second-order valence-corrected chi connectivity index (χ2v) is 5.42. The number of nitrogens with zero attached hydrogens (tertiary/aromatic N) is 2. The van der Waals surface area contributed by atoms with E-state index in [0.29, 0.717) is 31.0 Å². The molecule has 4 nitrogen and oxygen atoms in total. The molecule has 1 saturated heterocycles. The normalized spacial score (nSPS) is 28.7. The summed E-state index contributed by atoms with van der Waals surface area (Å²) in [5.74, 6) is -0.468. The van der Waals surface area contributed by atoms with Crippen LogP contribution in [0, 0.1) is 11.8 Å². The molecule has 0 N–H and O–H groups in total. The Morgan fingerprint density at radius 2 is 2.00 bits per heavy atom. The molecule has 1 fully saturated rings. The number of carbonyl (C=O) groups is 2. The molecule has 0 aromatic rings. The fourth-order valence-electron chi connectivity index (χ4n) is 2.42. The van der Waals surface area contributed by atoms with Crippen molar-refractivity contribution in [2.45, 2.75) is 12.8 Å². The van der Waals surface area contributed by atoms with Gasteiger partial charge in [0.05, 0.1) is 11.8 Å². The molecule has 2 aliphatic rings. The minimum absolute atomic E-state index is 0.0257. The number of rotatable bonds is 3. The number of likely N-dealkylation sites (N-methyl/N-ethyl adjacent to an activating group) is 1. The monoisotopic (exact) mass is 256 g/mol. The average molecular weight is 257 g/mol. The van der Waals surface area contributed by atoms with Crippen LogP contribution in [0.5, 0.6) is 0 Å². The van der Waals surface area contributed by atoms with Gasteiger partial charge in [0.1, 0.15) is 0 Å². The molecule has 2 rings (SSSR count). The fraction of sp³-hybridized carbons (Fsp3) is 0.667. The Morgan fingerprint density at radius 1 is 1.35 bits per heavy atom. The van der Waals surface area contributed by atoms with Crippen LogP contribution in [0.4, 0.5) is 0 Å². The first kappa shape index (κ1) is 12.6. The zero-order valence-corrected chi connectivity index (χ0v) is 10.9. The van der Waals surface area contributed by atoms with Crippen LogP contribution < -0.4 is 0 Å². The minimum atomic E-state index is -0.220. The summed E-state index contributed by atoms with van der Waals surface area (Å²) in [4.78, 5) is 27.6. The molecule has 0 spiro atoms. The lowest BCUT2D eigenvalue weighted by atomic mass is 9.85. The quantitative estimate of drug-likeness (QED) is 0.709. The number of likely N-dealkylation sites (tertiary alicyclic amines) is 1. The summed E-state index contributed by atoms with van der Waals surface area (Å²) in [6.45, 7) is 1.19. The van der Waals surface area contributed by atoms with Crippen molar-refractivity contribution < 1.29 is 9.59 Å². The van der Waals surface area contributed by atoms with Gasteiger partial charge in [-0.25, -0.2) is 0 Å². The van der Waals surface area contributed by atoms with Crippen molar-refractivity contribution >= 4 is 23.4 Å². The van der Waals surface area contributed by atoms with Gasteiger partial charge in [-0.15, -0.1) is 0 Å². The molecular formula is C12H17ClN2O2. The van der Waals surface area contributed by atoms with Gasteiger partial charge in [0, 0.05) is 18.1 Å². The number of imide groups is 1. The number of amides is 2. The summed E-state index contributed by atoms with van der Waals surface area (Å²) >= 11 is 5.94. The SMILES string of the molecule is CN(C)CCN1C(=O)C2CC=C(Cl)CC2C1=O. The molecule has 2 amide bonds. The third-order valence-corrected chi connectivity index (χ3v) is 3.74. The van der Waals surface area contributed by atoms with E-state index in [1.807, 2.05) is 25.1 Å². The van der Waals surface area contributed by atoms with E-state index in [-0.39, 0.29) is 23.7 Å². The Morgan fingerprint density at radius 3 is 2.65 bits per heavy atom. The zero-order valence-electron chi connectivity index (χ0n) is 10.1. The van der Waals surface area contributed by atoms with Gasteiger partial charge in [0.25, 0.3) is 0 Å². The van der Waals surface area contributed by atoms with Gasteiger partial charge >= 0.3 is 0 Å². The Labute approximate surface area is 106 Å². The Bertz CT molecular complexity index is 379. The zero-order chi connectivity index (χ0) is 12.6. The Balaban J connectivity index is 2.08. The lowest BCUT2D eigenvalue weighted by Gasteiger charge is -2.17. The summed E-state index contributed by atoms with van der Waals surface area (Å²) in [5, 5.41) is 0.710. The largest absolute Gasteiger partial charge is 0.308 e. The van der Waals surface area contributed by atoms with Crippen molar-refractivity contribution in [2.75, 3.05) is 27.2 Å². The molecule has 0 radical (unpaired) electrons. The number of halogens is 1.